The second-order valence-corrected chi connectivity index (χ2v) is 5.57. The number of ether oxygens (including phenoxy) is 2. The molecule has 20 heavy (non-hydrogen) atoms. The first-order chi connectivity index (χ1) is 9.61. The lowest BCUT2D eigenvalue weighted by atomic mass is 10.2. The second kappa shape index (κ2) is 6.71. The van der Waals surface area contributed by atoms with Crippen LogP contribution < -0.4 is 9.47 Å². The maximum absolute atomic E-state index is 11.0. The molecule has 0 saturated carbocycles. The van der Waals surface area contributed by atoms with Crippen LogP contribution in [0.3, 0.4) is 0 Å². The zero-order chi connectivity index (χ0) is 14.5. The van der Waals surface area contributed by atoms with Crippen LogP contribution in [0.2, 0.25) is 0 Å². The number of hydrogen-bond donors (Lipinski definition) is 1. The van der Waals surface area contributed by atoms with Gasteiger partial charge in [0, 0.05) is 11.6 Å². The normalized spacial score (nSPS) is 10.3. The molecule has 0 bridgehead atoms. The highest BCUT2D eigenvalue weighted by atomic mass is 79.9. The number of aromatic nitrogens is 1. The molecule has 0 aliphatic heterocycles. The Morgan fingerprint density at radius 1 is 1.45 bits per heavy atom. The molecule has 0 amide bonds. The number of benzene rings is 1. The van der Waals surface area contributed by atoms with Crippen LogP contribution in [-0.4, -0.2) is 22.7 Å². The Morgan fingerprint density at radius 2 is 2.25 bits per heavy atom. The molecule has 1 aromatic heterocycles. The molecule has 1 N–H and O–H groups in total. The van der Waals surface area contributed by atoms with E-state index in [4.69, 9.17) is 14.6 Å². The Bertz CT molecular complexity index is 601. The molecule has 0 aliphatic carbocycles. The van der Waals surface area contributed by atoms with Gasteiger partial charge in [0.2, 0.25) is 0 Å². The number of hydrogen-bond acceptors (Lipinski definition) is 5. The summed E-state index contributed by atoms with van der Waals surface area (Å²) in [7, 11) is 0. The molecule has 0 aliphatic rings. The molecule has 1 aromatic carbocycles. The number of thiazole rings is 1. The summed E-state index contributed by atoms with van der Waals surface area (Å²) >= 11 is 4.80. The lowest BCUT2D eigenvalue weighted by Gasteiger charge is -2.13. The van der Waals surface area contributed by atoms with E-state index in [1.54, 1.807) is 6.20 Å². The van der Waals surface area contributed by atoms with E-state index in [0.29, 0.717) is 29.2 Å². The average Bonchev–Trinajstić information content (AvgIpc) is 2.91. The van der Waals surface area contributed by atoms with Crippen LogP contribution in [0.25, 0.3) is 0 Å². The molecular weight excluding hydrogens is 346 g/mol. The van der Waals surface area contributed by atoms with Gasteiger partial charge >= 0.3 is 5.97 Å². The highest BCUT2D eigenvalue weighted by molar-refractivity contribution is 9.10. The number of halogens is 1. The van der Waals surface area contributed by atoms with Crippen LogP contribution in [0.4, 0.5) is 0 Å². The monoisotopic (exact) mass is 357 g/mol. The van der Waals surface area contributed by atoms with Crippen molar-refractivity contribution in [3.63, 3.8) is 0 Å². The Labute approximate surface area is 128 Å². The molecule has 1 heterocycles. The van der Waals surface area contributed by atoms with E-state index in [9.17, 15) is 4.79 Å². The minimum absolute atomic E-state index is 0.141. The van der Waals surface area contributed by atoms with Gasteiger partial charge in [-0.2, -0.15) is 0 Å². The van der Waals surface area contributed by atoms with Crippen molar-refractivity contribution in [1.29, 1.82) is 0 Å². The fourth-order valence-corrected chi connectivity index (χ4v) is 2.64. The van der Waals surface area contributed by atoms with Crippen molar-refractivity contribution in [2.45, 2.75) is 13.5 Å². The zero-order valence-corrected chi connectivity index (χ0v) is 13.0. The first-order valence-electron chi connectivity index (χ1n) is 5.82. The van der Waals surface area contributed by atoms with Crippen molar-refractivity contribution < 1.29 is 19.4 Å². The Morgan fingerprint density at radius 3 is 2.85 bits per heavy atom. The van der Waals surface area contributed by atoms with Gasteiger partial charge in [0.25, 0.3) is 0 Å². The fourth-order valence-electron chi connectivity index (χ4n) is 1.55. The molecule has 0 atom stereocenters. The first-order valence-corrected chi connectivity index (χ1v) is 7.50. The number of aromatic carboxylic acids is 1. The summed E-state index contributed by atoms with van der Waals surface area (Å²) in [5, 5.41) is 11.7. The summed E-state index contributed by atoms with van der Waals surface area (Å²) in [6.45, 7) is 2.55. The third-order valence-electron chi connectivity index (χ3n) is 2.38. The van der Waals surface area contributed by atoms with Crippen LogP contribution >= 0.6 is 27.3 Å². The predicted octanol–water partition coefficient (Wildman–Crippen LogP) is 3.58. The van der Waals surface area contributed by atoms with E-state index in [2.05, 4.69) is 20.9 Å². The number of carboxylic acids is 1. The van der Waals surface area contributed by atoms with Crippen molar-refractivity contribution in [2.24, 2.45) is 0 Å². The summed E-state index contributed by atoms with van der Waals surface area (Å²) < 4.78 is 11.7. The summed E-state index contributed by atoms with van der Waals surface area (Å²) in [5.41, 5.74) is 0.141. The number of carboxylic acid groups (broad SMARTS) is 1. The molecule has 0 radical (unpaired) electrons. The van der Waals surface area contributed by atoms with Crippen LogP contribution in [0.1, 0.15) is 22.3 Å². The molecule has 2 aromatic rings. The Kier molecular flexibility index (Phi) is 4.97. The second-order valence-electron chi connectivity index (χ2n) is 3.74. The lowest BCUT2D eigenvalue weighted by Crippen LogP contribution is -2.03. The average molecular weight is 358 g/mol. The van der Waals surface area contributed by atoms with E-state index in [0.717, 1.165) is 5.01 Å². The molecule has 106 valence electrons. The quantitative estimate of drug-likeness (QED) is 0.855. The van der Waals surface area contributed by atoms with Crippen LogP contribution in [0.15, 0.2) is 28.2 Å². The predicted molar refractivity (Wildman–Crippen MR) is 78.7 cm³/mol. The molecule has 0 fully saturated rings. The molecule has 2 rings (SSSR count). The first kappa shape index (κ1) is 14.8. The topological polar surface area (TPSA) is 68.7 Å². The van der Waals surface area contributed by atoms with Crippen molar-refractivity contribution >= 4 is 33.2 Å². The lowest BCUT2D eigenvalue weighted by molar-refractivity contribution is 0.0696. The maximum Gasteiger partial charge on any atom is 0.335 e. The van der Waals surface area contributed by atoms with Crippen molar-refractivity contribution in [1.82, 2.24) is 4.98 Å². The van der Waals surface area contributed by atoms with Gasteiger partial charge in [-0.3, -0.25) is 0 Å². The molecule has 0 unspecified atom stereocenters. The van der Waals surface area contributed by atoms with Crippen LogP contribution in [-0.2, 0) is 6.61 Å². The van der Waals surface area contributed by atoms with E-state index >= 15 is 0 Å². The van der Waals surface area contributed by atoms with Gasteiger partial charge in [-0.1, -0.05) is 0 Å². The van der Waals surface area contributed by atoms with Gasteiger partial charge < -0.3 is 14.6 Å². The third kappa shape index (κ3) is 3.49. The fraction of sp³-hybridized carbons (Fsp3) is 0.231. The van der Waals surface area contributed by atoms with Crippen LogP contribution in [0, 0.1) is 0 Å². The van der Waals surface area contributed by atoms with E-state index in [1.807, 2.05) is 12.3 Å². The number of carbonyl (C=O) groups is 1. The summed E-state index contributed by atoms with van der Waals surface area (Å²) in [6.07, 6.45) is 1.70. The summed E-state index contributed by atoms with van der Waals surface area (Å²) in [5.74, 6) is -0.138. The van der Waals surface area contributed by atoms with E-state index in [-0.39, 0.29) is 5.56 Å². The number of rotatable bonds is 6. The van der Waals surface area contributed by atoms with Crippen molar-refractivity contribution in [3.8, 4) is 11.5 Å². The summed E-state index contributed by atoms with van der Waals surface area (Å²) in [6, 6.07) is 2.94. The smallest absolute Gasteiger partial charge is 0.335 e. The molecule has 5 nitrogen and oxygen atoms in total. The van der Waals surface area contributed by atoms with E-state index < -0.39 is 5.97 Å². The Balaban J connectivity index is 2.27. The maximum atomic E-state index is 11.0. The molecule has 7 heteroatoms. The van der Waals surface area contributed by atoms with Gasteiger partial charge in [0.15, 0.2) is 11.5 Å². The molecular formula is C13H12BrNO4S. The van der Waals surface area contributed by atoms with Gasteiger partial charge in [-0.15, -0.1) is 11.3 Å². The van der Waals surface area contributed by atoms with Gasteiger partial charge in [-0.05, 0) is 35.0 Å². The number of nitrogens with zero attached hydrogens (tertiary/aromatic N) is 1. The largest absolute Gasteiger partial charge is 0.490 e. The van der Waals surface area contributed by atoms with Gasteiger partial charge in [0.1, 0.15) is 11.6 Å². The van der Waals surface area contributed by atoms with Crippen LogP contribution in [0.5, 0.6) is 11.5 Å². The summed E-state index contributed by atoms with van der Waals surface area (Å²) in [4.78, 5) is 15.2. The highest BCUT2D eigenvalue weighted by Gasteiger charge is 2.16. The van der Waals surface area contributed by atoms with E-state index in [1.165, 1.54) is 23.5 Å². The highest BCUT2D eigenvalue weighted by Crippen LogP contribution is 2.37. The minimum atomic E-state index is -1.02. The molecule has 0 spiro atoms. The Hall–Kier alpha value is -1.60. The standard InChI is InChI=1S/C13H12BrNO4S/c1-2-18-10-6-8(13(16)17)5-9(14)12(10)19-7-11-15-3-4-20-11/h3-6H,2,7H2,1H3,(H,16,17). The van der Waals surface area contributed by atoms with Gasteiger partial charge in [0.05, 0.1) is 16.6 Å². The SMILES string of the molecule is CCOc1cc(C(=O)O)cc(Br)c1OCc1nccs1. The van der Waals surface area contributed by atoms with Crippen molar-refractivity contribution in [3.05, 3.63) is 38.8 Å². The van der Waals surface area contributed by atoms with Gasteiger partial charge in [-0.25, -0.2) is 9.78 Å². The third-order valence-corrected chi connectivity index (χ3v) is 3.72. The minimum Gasteiger partial charge on any atom is -0.490 e. The zero-order valence-electron chi connectivity index (χ0n) is 10.6. The molecule has 0 saturated heterocycles. The van der Waals surface area contributed by atoms with Crippen molar-refractivity contribution in [2.75, 3.05) is 6.61 Å².